The fourth-order valence-electron chi connectivity index (χ4n) is 4.13. The van der Waals surface area contributed by atoms with Crippen molar-refractivity contribution in [2.75, 3.05) is 19.7 Å². The summed E-state index contributed by atoms with van der Waals surface area (Å²) in [5.74, 6) is 0.580. The molecule has 1 saturated heterocycles. The van der Waals surface area contributed by atoms with Gasteiger partial charge in [-0.25, -0.2) is 4.98 Å². The molecule has 0 bridgehead atoms. The highest BCUT2D eigenvalue weighted by Crippen LogP contribution is 2.22. The molecule has 1 saturated carbocycles. The molecular formula is C24H31N3O3. The van der Waals surface area contributed by atoms with E-state index in [0.717, 1.165) is 31.5 Å². The maximum atomic E-state index is 12.7. The number of amides is 1. The van der Waals surface area contributed by atoms with Crippen molar-refractivity contribution in [2.24, 2.45) is 0 Å². The summed E-state index contributed by atoms with van der Waals surface area (Å²) in [6.45, 7) is 3.29. The summed E-state index contributed by atoms with van der Waals surface area (Å²) < 4.78 is 11.8. The van der Waals surface area contributed by atoms with Gasteiger partial charge in [0.1, 0.15) is 12.2 Å². The summed E-state index contributed by atoms with van der Waals surface area (Å²) in [6, 6.07) is 14.2. The minimum absolute atomic E-state index is 0.0701. The van der Waals surface area contributed by atoms with Gasteiger partial charge in [0, 0.05) is 38.4 Å². The fourth-order valence-corrected chi connectivity index (χ4v) is 4.13. The number of carbonyl (C=O) groups is 1. The Labute approximate surface area is 178 Å². The van der Waals surface area contributed by atoms with Crippen molar-refractivity contribution in [3.8, 4) is 5.88 Å². The first-order valence-corrected chi connectivity index (χ1v) is 11.0. The molecule has 30 heavy (non-hydrogen) atoms. The molecule has 2 heterocycles. The van der Waals surface area contributed by atoms with E-state index in [0.29, 0.717) is 25.6 Å². The van der Waals surface area contributed by atoms with E-state index in [2.05, 4.69) is 27.3 Å². The number of rotatable bonds is 7. The predicted octanol–water partition coefficient (Wildman–Crippen LogP) is 3.31. The van der Waals surface area contributed by atoms with E-state index >= 15 is 0 Å². The predicted molar refractivity (Wildman–Crippen MR) is 115 cm³/mol. The highest BCUT2D eigenvalue weighted by Gasteiger charge is 2.26. The second-order valence-electron chi connectivity index (χ2n) is 8.18. The highest BCUT2D eigenvalue weighted by atomic mass is 16.5. The molecule has 0 spiro atoms. The largest absolute Gasteiger partial charge is 0.474 e. The van der Waals surface area contributed by atoms with Crippen LogP contribution in [-0.2, 0) is 22.6 Å². The van der Waals surface area contributed by atoms with E-state index in [1.54, 1.807) is 6.20 Å². The molecule has 4 rings (SSSR count). The van der Waals surface area contributed by atoms with Gasteiger partial charge in [-0.3, -0.25) is 9.69 Å². The van der Waals surface area contributed by atoms with Crippen molar-refractivity contribution in [1.82, 2.24) is 15.2 Å². The number of hydrogen-bond acceptors (Lipinski definition) is 5. The van der Waals surface area contributed by atoms with Gasteiger partial charge in [0.2, 0.25) is 5.88 Å². The number of ether oxygens (including phenoxy) is 2. The van der Waals surface area contributed by atoms with Gasteiger partial charge >= 0.3 is 0 Å². The number of morpholine rings is 1. The summed E-state index contributed by atoms with van der Waals surface area (Å²) in [5.41, 5.74) is 2.24. The van der Waals surface area contributed by atoms with Crippen LogP contribution in [0.3, 0.4) is 0 Å². The maximum Gasteiger partial charge on any atom is 0.250 e. The van der Waals surface area contributed by atoms with Gasteiger partial charge in [0.15, 0.2) is 0 Å². The second-order valence-corrected chi connectivity index (χ2v) is 8.18. The fraction of sp³-hybridized carbons (Fsp3) is 0.500. The number of nitrogens with zero attached hydrogens (tertiary/aromatic N) is 2. The Bertz CT molecular complexity index is 808. The lowest BCUT2D eigenvalue weighted by atomic mass is 9.98. The monoisotopic (exact) mass is 409 g/mol. The van der Waals surface area contributed by atoms with Crippen molar-refractivity contribution in [3.63, 3.8) is 0 Å². The van der Waals surface area contributed by atoms with Gasteiger partial charge < -0.3 is 14.8 Å². The number of pyridine rings is 1. The van der Waals surface area contributed by atoms with E-state index in [1.807, 2.05) is 30.3 Å². The molecule has 6 nitrogen and oxygen atoms in total. The van der Waals surface area contributed by atoms with Crippen LogP contribution in [-0.4, -0.2) is 47.7 Å². The maximum absolute atomic E-state index is 12.7. The Kier molecular flexibility index (Phi) is 7.32. The summed E-state index contributed by atoms with van der Waals surface area (Å²) in [5, 5.41) is 3.01. The first-order valence-electron chi connectivity index (χ1n) is 11.0. The Morgan fingerprint density at radius 2 is 1.97 bits per heavy atom. The second kappa shape index (κ2) is 10.5. The molecule has 1 aromatic carbocycles. The van der Waals surface area contributed by atoms with Gasteiger partial charge in [0.25, 0.3) is 5.91 Å². The highest BCUT2D eigenvalue weighted by molar-refractivity contribution is 5.81. The topological polar surface area (TPSA) is 63.7 Å². The average molecular weight is 410 g/mol. The average Bonchev–Trinajstić information content (AvgIpc) is 2.79. The van der Waals surface area contributed by atoms with Crippen molar-refractivity contribution in [1.29, 1.82) is 0 Å². The quantitative estimate of drug-likeness (QED) is 0.760. The zero-order chi connectivity index (χ0) is 20.6. The summed E-state index contributed by atoms with van der Waals surface area (Å²) in [6.07, 6.45) is 7.52. The zero-order valence-corrected chi connectivity index (χ0v) is 17.5. The summed E-state index contributed by atoms with van der Waals surface area (Å²) in [4.78, 5) is 19.3. The van der Waals surface area contributed by atoms with Gasteiger partial charge in [0.05, 0.1) is 6.61 Å². The van der Waals surface area contributed by atoms with Crippen LogP contribution in [0.15, 0.2) is 48.7 Å². The molecule has 160 valence electrons. The minimum Gasteiger partial charge on any atom is -0.474 e. The van der Waals surface area contributed by atoms with Gasteiger partial charge in [-0.15, -0.1) is 0 Å². The normalized spacial score (nSPS) is 20.6. The Morgan fingerprint density at radius 3 is 2.80 bits per heavy atom. The van der Waals surface area contributed by atoms with Crippen molar-refractivity contribution < 1.29 is 14.3 Å². The van der Waals surface area contributed by atoms with Gasteiger partial charge in [-0.05, 0) is 42.9 Å². The number of benzene rings is 1. The van der Waals surface area contributed by atoms with Crippen LogP contribution in [0.2, 0.25) is 0 Å². The molecular weight excluding hydrogens is 378 g/mol. The van der Waals surface area contributed by atoms with Gasteiger partial charge in [-0.1, -0.05) is 36.8 Å². The molecule has 1 atom stereocenters. The number of aromatic nitrogens is 1. The number of carbonyl (C=O) groups excluding carboxylic acids is 1. The van der Waals surface area contributed by atoms with Crippen LogP contribution in [0.1, 0.15) is 43.2 Å². The molecule has 2 aromatic rings. The third kappa shape index (κ3) is 6.03. The van der Waals surface area contributed by atoms with Crippen molar-refractivity contribution in [2.45, 2.75) is 57.4 Å². The molecule has 1 aliphatic carbocycles. The molecule has 0 radical (unpaired) electrons. The van der Waals surface area contributed by atoms with E-state index in [1.165, 1.54) is 24.8 Å². The zero-order valence-electron chi connectivity index (χ0n) is 17.5. The SMILES string of the molecule is O=C(NCc1ccnc(OC2CCCCC2)c1)C1CN(Cc2ccccc2)CCO1. The molecule has 1 aromatic heterocycles. The van der Waals surface area contributed by atoms with Crippen molar-refractivity contribution >= 4 is 5.91 Å². The third-order valence-electron chi connectivity index (χ3n) is 5.80. The first kappa shape index (κ1) is 20.8. The Morgan fingerprint density at radius 1 is 1.13 bits per heavy atom. The van der Waals surface area contributed by atoms with E-state index in [-0.39, 0.29) is 12.0 Å². The lowest BCUT2D eigenvalue weighted by molar-refractivity contribution is -0.139. The molecule has 1 aliphatic heterocycles. The van der Waals surface area contributed by atoms with Crippen LogP contribution >= 0.6 is 0 Å². The minimum atomic E-state index is -0.442. The van der Waals surface area contributed by atoms with Crippen LogP contribution in [0.4, 0.5) is 0 Å². The number of hydrogen-bond donors (Lipinski definition) is 1. The number of nitrogens with one attached hydrogen (secondary N) is 1. The Balaban J connectivity index is 1.26. The van der Waals surface area contributed by atoms with Crippen LogP contribution < -0.4 is 10.1 Å². The lowest BCUT2D eigenvalue weighted by Crippen LogP contribution is -2.49. The lowest BCUT2D eigenvalue weighted by Gasteiger charge is -2.32. The molecule has 1 unspecified atom stereocenters. The van der Waals surface area contributed by atoms with E-state index in [9.17, 15) is 4.79 Å². The summed E-state index contributed by atoms with van der Waals surface area (Å²) in [7, 11) is 0. The van der Waals surface area contributed by atoms with Crippen LogP contribution in [0, 0.1) is 0 Å². The molecule has 1 amide bonds. The molecule has 2 fully saturated rings. The Hall–Kier alpha value is -2.44. The van der Waals surface area contributed by atoms with Gasteiger partial charge in [-0.2, -0.15) is 0 Å². The summed E-state index contributed by atoms with van der Waals surface area (Å²) >= 11 is 0. The van der Waals surface area contributed by atoms with Crippen LogP contribution in [0.5, 0.6) is 5.88 Å². The molecule has 1 N–H and O–H groups in total. The van der Waals surface area contributed by atoms with Crippen LogP contribution in [0.25, 0.3) is 0 Å². The van der Waals surface area contributed by atoms with Crippen molar-refractivity contribution in [3.05, 3.63) is 59.8 Å². The van der Waals surface area contributed by atoms with E-state index < -0.39 is 6.10 Å². The standard InChI is InChI=1S/C24H31N3O3/c28-24(22-18-27(13-14-29-22)17-19-7-3-1-4-8-19)26-16-20-11-12-25-23(15-20)30-21-9-5-2-6-10-21/h1,3-4,7-8,11-12,15,21-22H,2,5-6,9-10,13-14,16-18H2,(H,26,28). The van der Waals surface area contributed by atoms with E-state index in [4.69, 9.17) is 9.47 Å². The molecule has 6 heteroatoms. The molecule has 2 aliphatic rings. The third-order valence-corrected chi connectivity index (χ3v) is 5.80. The first-order chi connectivity index (χ1) is 14.8. The smallest absolute Gasteiger partial charge is 0.250 e.